The first-order valence-corrected chi connectivity index (χ1v) is 7.80. The summed E-state index contributed by atoms with van der Waals surface area (Å²) < 4.78 is 39.7. The fraction of sp³-hybridized carbons (Fsp3) is 0.200. The van der Waals surface area contributed by atoms with Gasteiger partial charge in [-0.25, -0.2) is 12.8 Å². The molecule has 0 heterocycles. The Morgan fingerprint density at radius 3 is 2.29 bits per heavy atom. The van der Waals surface area contributed by atoms with Gasteiger partial charge in [0.25, 0.3) is 0 Å². The predicted octanol–water partition coefficient (Wildman–Crippen LogP) is 2.91. The van der Waals surface area contributed by atoms with Crippen LogP contribution >= 0.6 is 0 Å². The van der Waals surface area contributed by atoms with Crippen LogP contribution in [-0.4, -0.2) is 24.9 Å². The maximum atomic E-state index is 13.7. The standard InChI is InChI=1S/C15H16FNO3S/c1-11(12-7-3-5-9-14(12)18)17(2)21(19,20)15-10-6-4-8-13(15)16/h3-11,18H,1-2H3. The lowest BCUT2D eigenvalue weighted by Gasteiger charge is -2.25. The van der Waals surface area contributed by atoms with Gasteiger partial charge in [-0.05, 0) is 25.1 Å². The van der Waals surface area contributed by atoms with Crippen molar-refractivity contribution in [1.29, 1.82) is 0 Å². The van der Waals surface area contributed by atoms with Crippen molar-refractivity contribution in [2.75, 3.05) is 7.05 Å². The van der Waals surface area contributed by atoms with Crippen LogP contribution in [0.5, 0.6) is 5.75 Å². The van der Waals surface area contributed by atoms with Crippen molar-refractivity contribution in [2.45, 2.75) is 17.9 Å². The van der Waals surface area contributed by atoms with Crippen molar-refractivity contribution < 1.29 is 17.9 Å². The molecule has 0 spiro atoms. The minimum atomic E-state index is -3.99. The van der Waals surface area contributed by atoms with E-state index in [0.717, 1.165) is 10.4 Å². The van der Waals surface area contributed by atoms with Crippen molar-refractivity contribution in [2.24, 2.45) is 0 Å². The van der Waals surface area contributed by atoms with E-state index in [2.05, 4.69) is 0 Å². The summed E-state index contributed by atoms with van der Waals surface area (Å²) in [5, 5.41) is 9.83. The van der Waals surface area contributed by atoms with Gasteiger partial charge in [0.2, 0.25) is 10.0 Å². The Labute approximate surface area is 123 Å². The van der Waals surface area contributed by atoms with Crippen molar-refractivity contribution in [3.05, 3.63) is 59.9 Å². The third kappa shape index (κ3) is 2.91. The average Bonchev–Trinajstić information content (AvgIpc) is 2.46. The maximum Gasteiger partial charge on any atom is 0.246 e. The minimum Gasteiger partial charge on any atom is -0.508 e. The van der Waals surface area contributed by atoms with Crippen LogP contribution < -0.4 is 0 Å². The summed E-state index contributed by atoms with van der Waals surface area (Å²) in [6.45, 7) is 1.63. The Balaban J connectivity index is 2.42. The van der Waals surface area contributed by atoms with Gasteiger partial charge in [-0.2, -0.15) is 4.31 Å². The number of para-hydroxylation sites is 1. The van der Waals surface area contributed by atoms with Crippen LogP contribution in [0.25, 0.3) is 0 Å². The fourth-order valence-electron chi connectivity index (χ4n) is 2.05. The summed E-state index contributed by atoms with van der Waals surface area (Å²) in [5.74, 6) is -0.797. The molecule has 0 amide bonds. The van der Waals surface area contributed by atoms with E-state index < -0.39 is 21.9 Å². The molecule has 1 N–H and O–H groups in total. The molecule has 0 aliphatic carbocycles. The molecule has 0 radical (unpaired) electrons. The van der Waals surface area contributed by atoms with Crippen molar-refractivity contribution in [3.63, 3.8) is 0 Å². The maximum absolute atomic E-state index is 13.7. The number of aromatic hydroxyl groups is 1. The van der Waals surface area contributed by atoms with E-state index in [4.69, 9.17) is 0 Å². The molecule has 112 valence electrons. The highest BCUT2D eigenvalue weighted by Crippen LogP contribution is 2.31. The molecule has 2 aromatic carbocycles. The van der Waals surface area contributed by atoms with E-state index in [1.54, 1.807) is 25.1 Å². The van der Waals surface area contributed by atoms with Crippen LogP contribution in [0, 0.1) is 5.82 Å². The normalized spacial score (nSPS) is 13.3. The number of sulfonamides is 1. The number of nitrogens with zero attached hydrogens (tertiary/aromatic N) is 1. The highest BCUT2D eigenvalue weighted by Gasteiger charge is 2.29. The molecule has 0 saturated heterocycles. The number of phenols is 1. The third-order valence-electron chi connectivity index (χ3n) is 3.43. The number of phenolic OH excluding ortho intramolecular Hbond substituents is 1. The minimum absolute atomic E-state index is 0.000540. The van der Waals surface area contributed by atoms with Gasteiger partial charge in [-0.3, -0.25) is 0 Å². The molecule has 4 nitrogen and oxygen atoms in total. The van der Waals surface area contributed by atoms with Crippen LogP contribution in [-0.2, 0) is 10.0 Å². The van der Waals surface area contributed by atoms with Gasteiger partial charge < -0.3 is 5.11 Å². The van der Waals surface area contributed by atoms with E-state index in [-0.39, 0.29) is 10.6 Å². The number of benzene rings is 2. The Hall–Kier alpha value is -1.92. The predicted molar refractivity (Wildman–Crippen MR) is 77.9 cm³/mol. The Morgan fingerprint density at radius 2 is 1.67 bits per heavy atom. The molecule has 0 aliphatic heterocycles. The molecule has 21 heavy (non-hydrogen) atoms. The largest absolute Gasteiger partial charge is 0.508 e. The molecule has 1 atom stereocenters. The second-order valence-electron chi connectivity index (χ2n) is 4.69. The van der Waals surface area contributed by atoms with Gasteiger partial charge in [0.1, 0.15) is 16.5 Å². The lowest BCUT2D eigenvalue weighted by Crippen LogP contribution is -2.30. The first-order chi connectivity index (χ1) is 9.85. The average molecular weight is 309 g/mol. The van der Waals surface area contributed by atoms with Gasteiger partial charge >= 0.3 is 0 Å². The second kappa shape index (κ2) is 5.83. The van der Waals surface area contributed by atoms with Crippen LogP contribution in [0.15, 0.2) is 53.4 Å². The molecular formula is C15H16FNO3S. The van der Waals surface area contributed by atoms with Crippen LogP contribution in [0.2, 0.25) is 0 Å². The van der Waals surface area contributed by atoms with E-state index in [1.165, 1.54) is 31.3 Å². The lowest BCUT2D eigenvalue weighted by molar-refractivity contribution is 0.379. The molecule has 0 aromatic heterocycles. The summed E-state index contributed by atoms with van der Waals surface area (Å²) in [7, 11) is -2.63. The Bertz CT molecular complexity index is 746. The summed E-state index contributed by atoms with van der Waals surface area (Å²) in [5.41, 5.74) is 0.458. The summed E-state index contributed by atoms with van der Waals surface area (Å²) in [6, 6.07) is 11.1. The molecule has 0 aliphatic rings. The zero-order valence-corrected chi connectivity index (χ0v) is 12.5. The van der Waals surface area contributed by atoms with Gasteiger partial charge in [0, 0.05) is 12.6 Å². The smallest absolute Gasteiger partial charge is 0.246 e. The SMILES string of the molecule is CC(c1ccccc1O)N(C)S(=O)(=O)c1ccccc1F. The lowest BCUT2D eigenvalue weighted by atomic mass is 10.1. The quantitative estimate of drug-likeness (QED) is 0.944. The first kappa shape index (κ1) is 15.5. The zero-order valence-electron chi connectivity index (χ0n) is 11.7. The van der Waals surface area contributed by atoms with Gasteiger partial charge in [-0.1, -0.05) is 30.3 Å². The molecule has 6 heteroatoms. The highest BCUT2D eigenvalue weighted by molar-refractivity contribution is 7.89. The van der Waals surface area contributed by atoms with E-state index in [1.807, 2.05) is 0 Å². The topological polar surface area (TPSA) is 57.6 Å². The Kier molecular flexibility index (Phi) is 4.29. The van der Waals surface area contributed by atoms with Gasteiger partial charge in [-0.15, -0.1) is 0 Å². The molecule has 2 rings (SSSR count). The summed E-state index contributed by atoms with van der Waals surface area (Å²) in [4.78, 5) is -0.380. The summed E-state index contributed by atoms with van der Waals surface area (Å²) in [6.07, 6.45) is 0. The van der Waals surface area contributed by atoms with Crippen LogP contribution in [0.3, 0.4) is 0 Å². The van der Waals surface area contributed by atoms with Crippen molar-refractivity contribution >= 4 is 10.0 Å². The first-order valence-electron chi connectivity index (χ1n) is 6.36. The summed E-state index contributed by atoms with van der Waals surface area (Å²) >= 11 is 0. The number of rotatable bonds is 4. The zero-order chi connectivity index (χ0) is 15.6. The second-order valence-corrected chi connectivity index (χ2v) is 6.65. The van der Waals surface area contributed by atoms with Crippen LogP contribution in [0.4, 0.5) is 4.39 Å². The number of halogens is 1. The van der Waals surface area contributed by atoms with E-state index in [9.17, 15) is 17.9 Å². The van der Waals surface area contributed by atoms with Crippen LogP contribution in [0.1, 0.15) is 18.5 Å². The molecule has 1 unspecified atom stereocenters. The molecule has 0 fully saturated rings. The number of hydrogen-bond acceptors (Lipinski definition) is 3. The van der Waals surface area contributed by atoms with Crippen molar-refractivity contribution in [3.8, 4) is 5.75 Å². The van der Waals surface area contributed by atoms with E-state index >= 15 is 0 Å². The van der Waals surface area contributed by atoms with Crippen molar-refractivity contribution in [1.82, 2.24) is 4.31 Å². The highest BCUT2D eigenvalue weighted by atomic mass is 32.2. The van der Waals surface area contributed by atoms with Gasteiger partial charge in [0.15, 0.2) is 0 Å². The monoisotopic (exact) mass is 309 g/mol. The molecule has 2 aromatic rings. The molecular weight excluding hydrogens is 293 g/mol. The van der Waals surface area contributed by atoms with E-state index in [0.29, 0.717) is 5.56 Å². The third-order valence-corrected chi connectivity index (χ3v) is 5.39. The number of hydrogen-bond donors (Lipinski definition) is 1. The fourth-order valence-corrected chi connectivity index (χ4v) is 3.46. The van der Waals surface area contributed by atoms with Gasteiger partial charge in [0.05, 0.1) is 6.04 Å². The molecule has 0 saturated carbocycles. The molecule has 0 bridgehead atoms. The Morgan fingerprint density at radius 1 is 1.10 bits per heavy atom.